The van der Waals surface area contributed by atoms with Crippen molar-refractivity contribution in [3.8, 4) is 0 Å². The van der Waals surface area contributed by atoms with Gasteiger partial charge in [0.15, 0.2) is 0 Å². The van der Waals surface area contributed by atoms with Gasteiger partial charge in [-0.25, -0.2) is 8.42 Å². The Balaban J connectivity index is 1.68. The van der Waals surface area contributed by atoms with Gasteiger partial charge in [-0.1, -0.05) is 13.8 Å². The van der Waals surface area contributed by atoms with Gasteiger partial charge in [0.05, 0.1) is 4.90 Å². The molecule has 0 radical (unpaired) electrons. The Morgan fingerprint density at radius 2 is 1.77 bits per heavy atom. The summed E-state index contributed by atoms with van der Waals surface area (Å²) in [6, 6.07) is 5.67. The lowest BCUT2D eigenvalue weighted by Crippen LogP contribution is -2.42. The second-order valence-corrected chi connectivity index (χ2v) is 9.38. The van der Waals surface area contributed by atoms with Gasteiger partial charge >= 0.3 is 0 Å². The van der Waals surface area contributed by atoms with E-state index in [1.165, 1.54) is 12.1 Å². The Bertz CT molecular complexity index is 781. The first kappa shape index (κ1) is 18.8. The zero-order valence-electron chi connectivity index (χ0n) is 15.1. The Morgan fingerprint density at radius 1 is 1.15 bits per heavy atom. The number of sulfonamides is 1. The average molecular weight is 379 g/mol. The van der Waals surface area contributed by atoms with E-state index < -0.39 is 16.1 Å². The van der Waals surface area contributed by atoms with Gasteiger partial charge in [-0.2, -0.15) is 4.31 Å². The summed E-state index contributed by atoms with van der Waals surface area (Å²) in [5.74, 6) is 0.268. The number of piperidine rings is 1. The van der Waals surface area contributed by atoms with Gasteiger partial charge < -0.3 is 10.6 Å². The van der Waals surface area contributed by atoms with Crippen molar-refractivity contribution in [1.29, 1.82) is 0 Å². The minimum atomic E-state index is -3.53. The van der Waals surface area contributed by atoms with Crippen LogP contribution in [0, 0.1) is 11.8 Å². The number of carbonyl (C=O) groups is 2. The van der Waals surface area contributed by atoms with Crippen molar-refractivity contribution in [2.45, 2.75) is 44.0 Å². The zero-order chi connectivity index (χ0) is 18.9. The number of nitrogens with one attached hydrogen (secondary N) is 2. The molecule has 0 aliphatic carbocycles. The Hall–Kier alpha value is -1.93. The van der Waals surface area contributed by atoms with E-state index in [0.717, 1.165) is 6.42 Å². The van der Waals surface area contributed by atoms with E-state index in [-0.39, 0.29) is 16.7 Å². The molecule has 8 heteroatoms. The molecule has 2 heterocycles. The first-order valence-electron chi connectivity index (χ1n) is 8.96. The summed E-state index contributed by atoms with van der Waals surface area (Å²) in [6.07, 6.45) is 1.86. The van der Waals surface area contributed by atoms with Crippen LogP contribution in [0.1, 0.15) is 33.1 Å². The average Bonchev–Trinajstić information content (AvgIpc) is 3.01. The maximum Gasteiger partial charge on any atom is 0.246 e. The normalized spacial score (nSPS) is 27.2. The van der Waals surface area contributed by atoms with Crippen LogP contribution in [0.15, 0.2) is 29.2 Å². The zero-order valence-corrected chi connectivity index (χ0v) is 15.9. The largest absolute Gasteiger partial charge is 0.344 e. The smallest absolute Gasteiger partial charge is 0.246 e. The molecular weight excluding hydrogens is 354 g/mol. The van der Waals surface area contributed by atoms with Crippen LogP contribution in [0.2, 0.25) is 0 Å². The van der Waals surface area contributed by atoms with Crippen molar-refractivity contribution >= 4 is 27.5 Å². The first-order chi connectivity index (χ1) is 12.3. The number of benzene rings is 1. The summed E-state index contributed by atoms with van der Waals surface area (Å²) >= 11 is 0. The van der Waals surface area contributed by atoms with Crippen molar-refractivity contribution in [1.82, 2.24) is 9.62 Å². The van der Waals surface area contributed by atoms with E-state index in [9.17, 15) is 18.0 Å². The molecule has 0 aromatic heterocycles. The van der Waals surface area contributed by atoms with Gasteiger partial charge in [0.25, 0.3) is 0 Å². The van der Waals surface area contributed by atoms with E-state index >= 15 is 0 Å². The summed E-state index contributed by atoms with van der Waals surface area (Å²) in [5.41, 5.74) is 0.510. The highest BCUT2D eigenvalue weighted by molar-refractivity contribution is 7.89. The van der Waals surface area contributed by atoms with E-state index in [2.05, 4.69) is 24.5 Å². The molecule has 2 saturated heterocycles. The van der Waals surface area contributed by atoms with Crippen molar-refractivity contribution < 1.29 is 18.0 Å². The highest BCUT2D eigenvalue weighted by Gasteiger charge is 2.32. The molecule has 0 saturated carbocycles. The van der Waals surface area contributed by atoms with E-state index in [1.807, 2.05) is 0 Å². The van der Waals surface area contributed by atoms with Crippen LogP contribution in [0.25, 0.3) is 0 Å². The molecule has 2 aliphatic heterocycles. The third kappa shape index (κ3) is 4.07. The number of anilines is 1. The van der Waals surface area contributed by atoms with Crippen LogP contribution in [0.3, 0.4) is 0 Å². The highest BCUT2D eigenvalue weighted by Crippen LogP contribution is 2.27. The van der Waals surface area contributed by atoms with Crippen molar-refractivity contribution in [2.24, 2.45) is 11.8 Å². The first-order valence-corrected chi connectivity index (χ1v) is 10.4. The van der Waals surface area contributed by atoms with E-state index in [1.54, 1.807) is 16.4 Å². The maximum atomic E-state index is 12.8. The SMILES string of the molecule is C[C@@H]1C[C@H](C)CN(S(=O)(=O)c2ccc(NC(=O)[C@@H]3CCC(=O)N3)cc2)C1. The van der Waals surface area contributed by atoms with Gasteiger partial charge in [0.1, 0.15) is 6.04 Å². The molecule has 3 atom stereocenters. The summed E-state index contributed by atoms with van der Waals surface area (Å²) in [7, 11) is -3.53. The Kier molecular flexibility index (Phi) is 5.34. The van der Waals surface area contributed by atoms with Gasteiger partial charge in [0.2, 0.25) is 21.8 Å². The Labute approximate surface area is 154 Å². The van der Waals surface area contributed by atoms with Crippen LogP contribution >= 0.6 is 0 Å². The molecule has 142 valence electrons. The topological polar surface area (TPSA) is 95.6 Å². The molecule has 2 amide bonds. The predicted octanol–water partition coefficient (Wildman–Crippen LogP) is 1.57. The quantitative estimate of drug-likeness (QED) is 0.830. The number of nitrogens with zero attached hydrogens (tertiary/aromatic N) is 1. The molecule has 2 N–H and O–H groups in total. The minimum absolute atomic E-state index is 0.128. The third-order valence-corrected chi connectivity index (χ3v) is 6.75. The summed E-state index contributed by atoms with van der Waals surface area (Å²) in [5, 5.41) is 5.32. The fourth-order valence-corrected chi connectivity index (χ4v) is 5.38. The summed E-state index contributed by atoms with van der Waals surface area (Å²) < 4.78 is 27.2. The molecule has 2 aliphatic rings. The molecule has 26 heavy (non-hydrogen) atoms. The number of amides is 2. The fraction of sp³-hybridized carbons (Fsp3) is 0.556. The van der Waals surface area contributed by atoms with Crippen LogP contribution < -0.4 is 10.6 Å². The number of rotatable bonds is 4. The van der Waals surface area contributed by atoms with Gasteiger partial charge in [-0.15, -0.1) is 0 Å². The molecule has 0 bridgehead atoms. The summed E-state index contributed by atoms with van der Waals surface area (Å²) in [4.78, 5) is 23.5. The lowest BCUT2D eigenvalue weighted by atomic mass is 9.94. The monoisotopic (exact) mass is 379 g/mol. The maximum absolute atomic E-state index is 12.8. The molecule has 2 fully saturated rings. The van der Waals surface area contributed by atoms with Gasteiger partial charge in [-0.05, 0) is 48.9 Å². The Morgan fingerprint density at radius 3 is 2.31 bits per heavy atom. The number of carbonyl (C=O) groups excluding carboxylic acids is 2. The van der Waals surface area contributed by atoms with Crippen LogP contribution in [0.5, 0.6) is 0 Å². The van der Waals surface area contributed by atoms with Gasteiger partial charge in [-0.3, -0.25) is 9.59 Å². The molecule has 3 rings (SSSR count). The number of hydrogen-bond acceptors (Lipinski definition) is 4. The van der Waals surface area contributed by atoms with Gasteiger partial charge in [0, 0.05) is 25.2 Å². The third-order valence-electron chi connectivity index (χ3n) is 4.91. The molecule has 1 aromatic rings. The van der Waals surface area contributed by atoms with Crippen molar-refractivity contribution in [3.63, 3.8) is 0 Å². The molecule has 0 unspecified atom stereocenters. The second kappa shape index (κ2) is 7.36. The van der Waals surface area contributed by atoms with E-state index in [0.29, 0.717) is 43.5 Å². The lowest BCUT2D eigenvalue weighted by Gasteiger charge is -2.34. The molecule has 1 aromatic carbocycles. The number of hydrogen-bond donors (Lipinski definition) is 2. The standard InChI is InChI=1S/C18H25N3O4S/c1-12-9-13(2)11-21(10-12)26(24,25)15-5-3-14(4-6-15)19-18(23)16-7-8-17(22)20-16/h3-6,12-13,16H,7-11H2,1-2H3,(H,19,23)(H,20,22)/t12-,13+,16-/m0/s1. The van der Waals surface area contributed by atoms with Crippen LogP contribution in [-0.4, -0.2) is 43.7 Å². The van der Waals surface area contributed by atoms with Crippen LogP contribution in [0.4, 0.5) is 5.69 Å². The van der Waals surface area contributed by atoms with E-state index in [4.69, 9.17) is 0 Å². The molecule has 0 spiro atoms. The molecule has 7 nitrogen and oxygen atoms in total. The predicted molar refractivity (Wildman–Crippen MR) is 97.9 cm³/mol. The minimum Gasteiger partial charge on any atom is -0.344 e. The van der Waals surface area contributed by atoms with Crippen LogP contribution in [-0.2, 0) is 19.6 Å². The lowest BCUT2D eigenvalue weighted by molar-refractivity contribution is -0.122. The highest BCUT2D eigenvalue weighted by atomic mass is 32.2. The summed E-state index contributed by atoms with van der Waals surface area (Å²) in [6.45, 7) is 5.20. The van der Waals surface area contributed by atoms with Crippen molar-refractivity contribution in [2.75, 3.05) is 18.4 Å². The second-order valence-electron chi connectivity index (χ2n) is 7.44. The van der Waals surface area contributed by atoms with Crippen molar-refractivity contribution in [3.05, 3.63) is 24.3 Å². The molecular formula is C18H25N3O4S. The fourth-order valence-electron chi connectivity index (χ4n) is 3.70.